The highest BCUT2D eigenvalue weighted by molar-refractivity contribution is 6.41. The maximum Gasteiger partial charge on any atom is 0.352 e. The number of tetrazole rings is 1. The molecule has 5 aromatic rings. The second kappa shape index (κ2) is 15.3. The lowest BCUT2D eigenvalue weighted by atomic mass is 10.0. The molecule has 6 rings (SSSR count). The third-order valence-corrected chi connectivity index (χ3v) is 8.69. The van der Waals surface area contributed by atoms with Crippen molar-refractivity contribution in [3.05, 3.63) is 89.3 Å². The summed E-state index contributed by atoms with van der Waals surface area (Å²) in [6.45, 7) is 1.70. The summed E-state index contributed by atoms with van der Waals surface area (Å²) in [5, 5.41) is 38.8. The first-order chi connectivity index (χ1) is 25.0. The number of aromatic carboxylic acids is 1. The molecule has 1 aliphatic heterocycles. The number of nitrogens with zero attached hydrogens (tertiary/aromatic N) is 6. The van der Waals surface area contributed by atoms with Crippen molar-refractivity contribution < 1.29 is 34.2 Å². The monoisotopic (exact) mass is 728 g/mol. The molecular weight excluding hydrogens is 696 g/mol. The van der Waals surface area contributed by atoms with Crippen LogP contribution in [0.2, 0.25) is 5.02 Å². The highest BCUT2D eigenvalue weighted by Crippen LogP contribution is 2.30. The van der Waals surface area contributed by atoms with E-state index in [1.165, 1.54) is 32.9 Å². The molecule has 1 aliphatic rings. The molecule has 5 amide bonds. The fourth-order valence-corrected chi connectivity index (χ4v) is 6.02. The smallest absolute Gasteiger partial charge is 0.352 e. The molecule has 2 unspecified atom stereocenters. The predicted molar refractivity (Wildman–Crippen MR) is 189 cm³/mol. The van der Waals surface area contributed by atoms with Crippen LogP contribution in [0.25, 0.3) is 16.6 Å². The van der Waals surface area contributed by atoms with Gasteiger partial charge in [-0.05, 0) is 83.9 Å². The maximum absolute atomic E-state index is 14.0. The highest BCUT2D eigenvalue weighted by atomic mass is 35.5. The number of aliphatic hydroxyl groups is 1. The standard InChI is InChI=1S/C34H33ClN10O7/c1-19(10-13-46)37-34(52)39-23-5-2-20(3-6-23)14-29(30(47)38-24-7-8-25-21(15-24)16-26(40-25)33(50)51)44-12-11-43(31(48)32(44)49)28-17-22(35)4-9-27(28)45-18-36-41-42-45/h2-9,15-19,29,40,46H,10-14H2,1H3,(H,38,47)(H,50,51)(H2,37,39,52). The first-order valence-electron chi connectivity index (χ1n) is 16.1. The van der Waals surface area contributed by atoms with Crippen LogP contribution in [0.3, 0.4) is 0 Å². The Labute approximate surface area is 300 Å². The van der Waals surface area contributed by atoms with Crippen LogP contribution in [0.4, 0.5) is 21.9 Å². The number of rotatable bonds is 12. The van der Waals surface area contributed by atoms with E-state index in [1.807, 2.05) is 0 Å². The van der Waals surface area contributed by atoms with E-state index in [2.05, 4.69) is 36.5 Å². The average Bonchev–Trinajstić information content (AvgIpc) is 3.80. The molecule has 52 heavy (non-hydrogen) atoms. The van der Waals surface area contributed by atoms with Crippen molar-refractivity contribution in [2.75, 3.05) is 35.2 Å². The summed E-state index contributed by atoms with van der Waals surface area (Å²) < 4.78 is 1.34. The van der Waals surface area contributed by atoms with E-state index < -0.39 is 35.8 Å². The van der Waals surface area contributed by atoms with E-state index in [-0.39, 0.29) is 37.9 Å². The molecule has 0 saturated carbocycles. The number of H-pyrrole nitrogens is 1. The number of halogens is 1. The van der Waals surface area contributed by atoms with Gasteiger partial charge in [0, 0.05) is 59.5 Å². The molecule has 17 nitrogen and oxygen atoms in total. The van der Waals surface area contributed by atoms with Crippen molar-refractivity contribution in [2.24, 2.45) is 0 Å². The quantitative estimate of drug-likeness (QED) is 0.103. The second-order valence-electron chi connectivity index (χ2n) is 12.1. The lowest BCUT2D eigenvalue weighted by Gasteiger charge is -2.38. The Morgan fingerprint density at radius 1 is 0.942 bits per heavy atom. The third-order valence-electron chi connectivity index (χ3n) is 8.46. The van der Waals surface area contributed by atoms with E-state index in [0.29, 0.717) is 50.7 Å². The zero-order chi connectivity index (χ0) is 36.9. The molecule has 0 aliphatic carbocycles. The molecule has 2 atom stereocenters. The van der Waals surface area contributed by atoms with Crippen LogP contribution in [0.15, 0.2) is 73.1 Å². The number of hydrogen-bond donors (Lipinski definition) is 6. The van der Waals surface area contributed by atoms with Gasteiger partial charge in [-0.15, -0.1) is 5.10 Å². The number of nitrogens with one attached hydrogen (secondary N) is 4. The van der Waals surface area contributed by atoms with E-state index in [9.17, 15) is 29.1 Å². The number of urea groups is 1. The molecule has 18 heteroatoms. The number of aromatic nitrogens is 5. The van der Waals surface area contributed by atoms with Gasteiger partial charge in [0.2, 0.25) is 5.91 Å². The molecular formula is C34H33ClN10O7. The number of fused-ring (bicyclic) bond motifs is 1. The van der Waals surface area contributed by atoms with Crippen molar-refractivity contribution in [3.8, 4) is 5.69 Å². The number of carboxylic acid groups (broad SMARTS) is 1. The van der Waals surface area contributed by atoms with Crippen molar-refractivity contribution in [3.63, 3.8) is 0 Å². The van der Waals surface area contributed by atoms with Gasteiger partial charge in [-0.3, -0.25) is 14.4 Å². The van der Waals surface area contributed by atoms with Gasteiger partial charge in [0.25, 0.3) is 0 Å². The second-order valence-corrected chi connectivity index (χ2v) is 12.5. The summed E-state index contributed by atoms with van der Waals surface area (Å²) >= 11 is 6.28. The molecule has 1 fully saturated rings. The Morgan fingerprint density at radius 2 is 1.71 bits per heavy atom. The molecule has 2 aromatic heterocycles. The van der Waals surface area contributed by atoms with Crippen molar-refractivity contribution in [1.82, 2.24) is 35.4 Å². The minimum atomic E-state index is -1.16. The van der Waals surface area contributed by atoms with Crippen LogP contribution < -0.4 is 20.9 Å². The van der Waals surface area contributed by atoms with E-state index in [4.69, 9.17) is 16.7 Å². The Kier molecular flexibility index (Phi) is 10.4. The number of amides is 5. The predicted octanol–water partition coefficient (Wildman–Crippen LogP) is 2.81. The topological polar surface area (TPSA) is 228 Å². The van der Waals surface area contributed by atoms with Crippen LogP contribution in [0.1, 0.15) is 29.4 Å². The lowest BCUT2D eigenvalue weighted by molar-refractivity contribution is -0.149. The van der Waals surface area contributed by atoms with Gasteiger partial charge in [0.15, 0.2) is 0 Å². The average molecular weight is 729 g/mol. The Bertz CT molecular complexity index is 2140. The summed E-state index contributed by atoms with van der Waals surface area (Å²) in [5.74, 6) is -3.53. The van der Waals surface area contributed by atoms with Gasteiger partial charge in [-0.25, -0.2) is 9.59 Å². The number of anilines is 3. The van der Waals surface area contributed by atoms with Gasteiger partial charge in [-0.2, -0.15) is 4.68 Å². The van der Waals surface area contributed by atoms with Gasteiger partial charge in [0.1, 0.15) is 18.1 Å². The van der Waals surface area contributed by atoms with Gasteiger partial charge < -0.3 is 40.9 Å². The van der Waals surface area contributed by atoms with Crippen LogP contribution in [-0.4, -0.2) is 102 Å². The largest absolute Gasteiger partial charge is 0.477 e. The van der Waals surface area contributed by atoms with Crippen LogP contribution in [-0.2, 0) is 20.8 Å². The van der Waals surface area contributed by atoms with Gasteiger partial charge in [0.05, 0.1) is 11.4 Å². The van der Waals surface area contributed by atoms with Crippen molar-refractivity contribution >= 4 is 69.3 Å². The van der Waals surface area contributed by atoms with Crippen LogP contribution in [0.5, 0.6) is 0 Å². The van der Waals surface area contributed by atoms with Gasteiger partial charge in [-0.1, -0.05) is 23.7 Å². The van der Waals surface area contributed by atoms with Gasteiger partial charge >= 0.3 is 23.8 Å². The SMILES string of the molecule is CC(CCO)NC(=O)Nc1ccc(CC(C(=O)Nc2ccc3[nH]c(C(=O)O)cc3c2)N2CCN(c3cc(Cl)ccc3-n3cnnn3)C(=O)C2=O)cc1. The van der Waals surface area contributed by atoms with E-state index in [0.717, 1.165) is 0 Å². The molecule has 3 aromatic carbocycles. The minimum Gasteiger partial charge on any atom is -0.477 e. The first kappa shape index (κ1) is 35.5. The summed E-state index contributed by atoms with van der Waals surface area (Å²) in [6.07, 6.45) is 1.74. The minimum absolute atomic E-state index is 0.00741. The molecule has 268 valence electrons. The molecule has 1 saturated heterocycles. The summed E-state index contributed by atoms with van der Waals surface area (Å²) in [7, 11) is 0. The number of carbonyl (C=O) groups is 5. The Hall–Kier alpha value is -6.33. The van der Waals surface area contributed by atoms with E-state index in [1.54, 1.807) is 61.5 Å². The molecule has 0 bridgehead atoms. The highest BCUT2D eigenvalue weighted by Gasteiger charge is 2.40. The summed E-state index contributed by atoms with van der Waals surface area (Å²) in [5.41, 5.74) is 2.70. The number of carbonyl (C=O) groups excluding carboxylic acids is 4. The Balaban J connectivity index is 1.25. The number of piperazine rings is 1. The Morgan fingerprint density at radius 3 is 2.42 bits per heavy atom. The number of aliphatic hydroxyl groups excluding tert-OH is 1. The number of benzene rings is 3. The van der Waals surface area contributed by atoms with Crippen LogP contribution >= 0.6 is 11.6 Å². The zero-order valence-electron chi connectivity index (χ0n) is 27.6. The molecule has 0 radical (unpaired) electrons. The van der Waals surface area contributed by atoms with E-state index >= 15 is 0 Å². The molecule has 0 spiro atoms. The van der Waals surface area contributed by atoms with Crippen LogP contribution in [0, 0.1) is 0 Å². The first-order valence-corrected chi connectivity index (χ1v) is 16.5. The summed E-state index contributed by atoms with van der Waals surface area (Å²) in [6, 6.07) is 15.8. The number of carboxylic acids is 1. The summed E-state index contributed by atoms with van der Waals surface area (Å²) in [4.78, 5) is 70.8. The normalized spacial score (nSPS) is 14.3. The molecule has 3 heterocycles. The fourth-order valence-electron chi connectivity index (χ4n) is 5.85. The number of hydrogen-bond acceptors (Lipinski definition) is 9. The maximum atomic E-state index is 14.0. The fraction of sp³-hybridized carbons (Fsp3) is 0.235. The molecule has 6 N–H and O–H groups in total. The number of aromatic amines is 1. The van der Waals surface area contributed by atoms with Crippen molar-refractivity contribution in [2.45, 2.75) is 31.8 Å². The lowest BCUT2D eigenvalue weighted by Crippen LogP contribution is -2.60. The zero-order valence-corrected chi connectivity index (χ0v) is 28.4. The third kappa shape index (κ3) is 7.85. The van der Waals surface area contributed by atoms with Crippen molar-refractivity contribution in [1.29, 1.82) is 0 Å².